The van der Waals surface area contributed by atoms with Gasteiger partial charge < -0.3 is 5.32 Å². The van der Waals surface area contributed by atoms with Gasteiger partial charge in [0.1, 0.15) is 10.8 Å². The first kappa shape index (κ1) is 20.2. The molecular formula is C19H21ClN6OS2. The van der Waals surface area contributed by atoms with Crippen molar-refractivity contribution in [2.45, 2.75) is 31.8 Å². The topological polar surface area (TPSA) is 83.0 Å². The van der Waals surface area contributed by atoms with Crippen molar-refractivity contribution in [3.05, 3.63) is 57.4 Å². The molecule has 4 heterocycles. The van der Waals surface area contributed by atoms with Crippen LogP contribution in [-0.2, 0) is 6.54 Å². The van der Waals surface area contributed by atoms with Gasteiger partial charge in [0.2, 0.25) is 0 Å². The number of aromatic nitrogens is 3. The number of nitrogens with zero attached hydrogens (tertiary/aromatic N) is 4. The van der Waals surface area contributed by atoms with Gasteiger partial charge in [0, 0.05) is 42.3 Å². The third-order valence-electron chi connectivity index (χ3n) is 4.82. The predicted octanol–water partition coefficient (Wildman–Crippen LogP) is 4.14. The Kier molecular flexibility index (Phi) is 6.39. The lowest BCUT2D eigenvalue weighted by atomic mass is 9.90. The predicted molar refractivity (Wildman–Crippen MR) is 117 cm³/mol. The monoisotopic (exact) mass is 448 g/mol. The van der Waals surface area contributed by atoms with Crippen LogP contribution in [0.1, 0.15) is 28.7 Å². The number of urea groups is 1. The maximum Gasteiger partial charge on any atom is 0.320 e. The van der Waals surface area contributed by atoms with Crippen molar-refractivity contribution < 1.29 is 4.79 Å². The van der Waals surface area contributed by atoms with Gasteiger partial charge in [-0.05, 0) is 49.1 Å². The average molecular weight is 449 g/mol. The molecule has 2 N–H and O–H groups in total. The molecule has 1 aliphatic heterocycles. The van der Waals surface area contributed by atoms with Gasteiger partial charge in [0.15, 0.2) is 0 Å². The van der Waals surface area contributed by atoms with E-state index in [0.717, 1.165) is 40.4 Å². The number of rotatable bonds is 5. The number of likely N-dealkylation sites (tertiary alicyclic amines) is 1. The van der Waals surface area contributed by atoms with E-state index in [1.807, 2.05) is 25.1 Å². The number of halogens is 1. The van der Waals surface area contributed by atoms with Crippen LogP contribution in [0.3, 0.4) is 0 Å². The molecule has 152 valence electrons. The van der Waals surface area contributed by atoms with E-state index in [4.69, 9.17) is 11.6 Å². The van der Waals surface area contributed by atoms with Crippen molar-refractivity contribution in [3.63, 3.8) is 0 Å². The Morgan fingerprint density at radius 2 is 2.17 bits per heavy atom. The van der Waals surface area contributed by atoms with Gasteiger partial charge in [-0.1, -0.05) is 11.6 Å². The second-order valence-corrected chi connectivity index (χ2v) is 9.53. The van der Waals surface area contributed by atoms with Crippen LogP contribution < -0.4 is 10.6 Å². The lowest BCUT2D eigenvalue weighted by Gasteiger charge is -2.38. The summed E-state index contributed by atoms with van der Waals surface area (Å²) in [5.74, 6) is 0.957. The van der Waals surface area contributed by atoms with Gasteiger partial charge in [-0.25, -0.2) is 14.8 Å². The third kappa shape index (κ3) is 5.30. The molecule has 0 saturated carbocycles. The number of anilines is 1. The highest BCUT2D eigenvalue weighted by Crippen LogP contribution is 2.34. The van der Waals surface area contributed by atoms with E-state index < -0.39 is 0 Å². The van der Waals surface area contributed by atoms with Crippen molar-refractivity contribution in [1.82, 2.24) is 24.6 Å². The van der Waals surface area contributed by atoms with Crippen LogP contribution in [0.4, 0.5) is 9.80 Å². The minimum atomic E-state index is -0.203. The van der Waals surface area contributed by atoms with Gasteiger partial charge >= 0.3 is 6.03 Å². The normalized spacial score (nSPS) is 19.8. The first-order valence-corrected chi connectivity index (χ1v) is 11.3. The molecule has 7 nitrogen and oxygen atoms in total. The second-order valence-electron chi connectivity index (χ2n) is 6.97. The number of amides is 2. The Morgan fingerprint density at radius 1 is 1.34 bits per heavy atom. The number of carbonyl (C=O) groups is 1. The summed E-state index contributed by atoms with van der Waals surface area (Å²) in [6, 6.07) is 7.47. The lowest BCUT2D eigenvalue weighted by Crippen LogP contribution is -2.50. The van der Waals surface area contributed by atoms with E-state index in [2.05, 4.69) is 35.9 Å². The van der Waals surface area contributed by atoms with Crippen molar-refractivity contribution in [1.29, 1.82) is 0 Å². The highest BCUT2D eigenvalue weighted by molar-refractivity contribution is 7.16. The van der Waals surface area contributed by atoms with E-state index in [1.165, 1.54) is 16.4 Å². The number of carbonyl (C=O) groups excluding carboxylic acids is 1. The number of thiophene rings is 1. The molecule has 0 aliphatic carbocycles. The Bertz CT molecular complexity index is 963. The molecule has 29 heavy (non-hydrogen) atoms. The highest BCUT2D eigenvalue weighted by atomic mass is 35.5. The first-order valence-electron chi connectivity index (χ1n) is 9.31. The van der Waals surface area contributed by atoms with Crippen LogP contribution >= 0.6 is 34.5 Å². The molecule has 10 heteroatoms. The zero-order chi connectivity index (χ0) is 20.2. The maximum atomic E-state index is 12.5. The molecule has 0 spiro atoms. The molecule has 1 aliphatic rings. The van der Waals surface area contributed by atoms with Crippen molar-refractivity contribution in [2.75, 3.05) is 18.4 Å². The van der Waals surface area contributed by atoms with E-state index in [0.29, 0.717) is 6.54 Å². The molecular weight excluding hydrogens is 428 g/mol. The van der Waals surface area contributed by atoms with Gasteiger partial charge in [-0.2, -0.15) is 4.37 Å². The summed E-state index contributed by atoms with van der Waals surface area (Å²) in [6.07, 6.45) is 4.36. The standard InChI is InChI=1S/C19H21ClN6OS2/c1-12-9-18(29-25-12)24-19(27)23-14-5-8-26(11-17-21-6-2-7-22-17)10-13(14)15-3-4-16(20)28-15/h2-4,6-7,9,13-14H,5,8,10-11H2,1H3,(H2,23,24,27)/t13-,14-/m1/s1. The zero-order valence-electron chi connectivity index (χ0n) is 15.8. The minimum absolute atomic E-state index is 0.0201. The van der Waals surface area contributed by atoms with Crippen LogP contribution in [-0.4, -0.2) is 44.4 Å². The van der Waals surface area contributed by atoms with Crippen molar-refractivity contribution >= 4 is 45.5 Å². The molecule has 1 saturated heterocycles. The quantitative estimate of drug-likeness (QED) is 0.613. The SMILES string of the molecule is Cc1cc(NC(=O)N[C@@H]2CCN(Cc3ncccn3)C[C@H]2c2ccc(Cl)s2)sn1. The summed E-state index contributed by atoms with van der Waals surface area (Å²) in [4.78, 5) is 24.7. The molecule has 1 fully saturated rings. The minimum Gasteiger partial charge on any atom is -0.334 e. The number of piperidine rings is 1. The van der Waals surface area contributed by atoms with Crippen LogP contribution in [0.15, 0.2) is 36.7 Å². The fourth-order valence-corrected chi connectivity index (χ4v) is 5.38. The van der Waals surface area contributed by atoms with Crippen LogP contribution in [0.5, 0.6) is 0 Å². The molecule has 0 radical (unpaired) electrons. The van der Waals surface area contributed by atoms with Gasteiger partial charge in [-0.3, -0.25) is 10.2 Å². The summed E-state index contributed by atoms with van der Waals surface area (Å²) in [7, 11) is 0. The number of nitrogens with one attached hydrogen (secondary N) is 2. The Morgan fingerprint density at radius 3 is 2.86 bits per heavy atom. The molecule has 4 rings (SSSR count). The molecule has 0 unspecified atom stereocenters. The van der Waals surface area contributed by atoms with E-state index in [1.54, 1.807) is 23.7 Å². The van der Waals surface area contributed by atoms with Gasteiger partial charge in [0.05, 0.1) is 16.6 Å². The van der Waals surface area contributed by atoms with Crippen molar-refractivity contribution in [3.8, 4) is 0 Å². The molecule has 3 aromatic rings. The van der Waals surface area contributed by atoms with Crippen LogP contribution in [0.25, 0.3) is 0 Å². The Balaban J connectivity index is 1.45. The zero-order valence-corrected chi connectivity index (χ0v) is 18.2. The third-order valence-corrected chi connectivity index (χ3v) is 6.98. The number of aryl methyl sites for hydroxylation is 1. The summed E-state index contributed by atoms with van der Waals surface area (Å²) in [5.41, 5.74) is 0.896. The summed E-state index contributed by atoms with van der Waals surface area (Å²) in [6.45, 7) is 4.26. The largest absolute Gasteiger partial charge is 0.334 e. The molecule has 3 aromatic heterocycles. The van der Waals surface area contributed by atoms with Gasteiger partial charge in [-0.15, -0.1) is 11.3 Å². The molecule has 2 atom stereocenters. The summed E-state index contributed by atoms with van der Waals surface area (Å²) < 4.78 is 4.96. The van der Waals surface area contributed by atoms with E-state index in [-0.39, 0.29) is 18.0 Å². The Hall–Kier alpha value is -2.07. The molecule has 2 amide bonds. The second kappa shape index (κ2) is 9.17. The fourth-order valence-electron chi connectivity index (χ4n) is 3.50. The average Bonchev–Trinajstić information content (AvgIpc) is 3.32. The smallest absolute Gasteiger partial charge is 0.320 e. The highest BCUT2D eigenvalue weighted by Gasteiger charge is 2.33. The maximum absolute atomic E-state index is 12.5. The fraction of sp³-hybridized carbons (Fsp3) is 0.368. The van der Waals surface area contributed by atoms with E-state index >= 15 is 0 Å². The number of hydrogen-bond acceptors (Lipinski definition) is 7. The number of hydrogen-bond donors (Lipinski definition) is 2. The van der Waals surface area contributed by atoms with E-state index in [9.17, 15) is 4.79 Å². The molecule has 0 bridgehead atoms. The van der Waals surface area contributed by atoms with Crippen LogP contribution in [0.2, 0.25) is 4.34 Å². The molecule has 0 aromatic carbocycles. The summed E-state index contributed by atoms with van der Waals surface area (Å²) in [5, 5.41) is 6.79. The van der Waals surface area contributed by atoms with Crippen LogP contribution in [0, 0.1) is 6.92 Å². The van der Waals surface area contributed by atoms with Crippen molar-refractivity contribution in [2.24, 2.45) is 0 Å². The first-order chi connectivity index (χ1) is 14.1. The summed E-state index contributed by atoms with van der Waals surface area (Å²) >= 11 is 9.04. The lowest BCUT2D eigenvalue weighted by molar-refractivity contribution is 0.167. The van der Waals surface area contributed by atoms with Gasteiger partial charge in [0.25, 0.3) is 0 Å². The Labute approximate surface area is 182 Å².